The van der Waals surface area contributed by atoms with Crippen LogP contribution in [0.4, 0.5) is 4.39 Å². The fourth-order valence-electron chi connectivity index (χ4n) is 2.83. The first-order valence-electron chi connectivity index (χ1n) is 8.32. The van der Waals surface area contributed by atoms with E-state index in [1.54, 1.807) is 59.2 Å². The third-order valence-electron chi connectivity index (χ3n) is 4.21. The molecule has 0 unspecified atom stereocenters. The van der Waals surface area contributed by atoms with Gasteiger partial charge in [0.2, 0.25) is 0 Å². The predicted octanol–water partition coefficient (Wildman–Crippen LogP) is 2.66. The van der Waals surface area contributed by atoms with Crippen LogP contribution in [0.5, 0.6) is 0 Å². The second-order valence-corrected chi connectivity index (χ2v) is 5.95. The van der Waals surface area contributed by atoms with Crippen molar-refractivity contribution >= 4 is 5.97 Å². The largest absolute Gasteiger partial charge is 0.465 e. The number of ether oxygens (including phenoxy) is 1. The Morgan fingerprint density at radius 1 is 1.14 bits per heavy atom. The quantitative estimate of drug-likeness (QED) is 0.508. The summed E-state index contributed by atoms with van der Waals surface area (Å²) in [5.74, 6) is -0.279. The minimum absolute atomic E-state index is 0.348. The average Bonchev–Trinajstić information content (AvgIpc) is 3.34. The second-order valence-electron chi connectivity index (χ2n) is 5.95. The van der Waals surface area contributed by atoms with Gasteiger partial charge in [-0.05, 0) is 24.3 Å². The number of imidazole rings is 1. The molecule has 140 valence electrons. The maximum absolute atomic E-state index is 14.2. The lowest BCUT2D eigenvalue weighted by atomic mass is 10.1. The number of benzene rings is 1. The fraction of sp³-hybridized carbons (Fsp3) is 0.105. The van der Waals surface area contributed by atoms with Crippen LogP contribution < -0.4 is 0 Å². The van der Waals surface area contributed by atoms with Crippen molar-refractivity contribution in [1.29, 1.82) is 0 Å². The molecule has 0 bridgehead atoms. The molecule has 1 aromatic carbocycles. The lowest BCUT2D eigenvalue weighted by molar-refractivity contribution is 0.0600. The predicted molar refractivity (Wildman–Crippen MR) is 98.1 cm³/mol. The van der Waals surface area contributed by atoms with Crippen LogP contribution in [-0.2, 0) is 11.8 Å². The molecule has 0 saturated heterocycles. The zero-order valence-corrected chi connectivity index (χ0v) is 15.1. The van der Waals surface area contributed by atoms with E-state index in [0.29, 0.717) is 34.0 Å². The van der Waals surface area contributed by atoms with Crippen molar-refractivity contribution in [2.75, 3.05) is 7.11 Å². The van der Waals surface area contributed by atoms with Gasteiger partial charge in [-0.1, -0.05) is 17.3 Å². The normalized spacial score (nSPS) is 10.8. The number of carbonyl (C=O) groups is 1. The molecule has 0 amide bonds. The summed E-state index contributed by atoms with van der Waals surface area (Å²) in [7, 11) is 3.03. The topological polar surface area (TPSA) is 87.7 Å². The van der Waals surface area contributed by atoms with Crippen molar-refractivity contribution in [3.8, 4) is 28.5 Å². The zero-order valence-electron chi connectivity index (χ0n) is 15.1. The number of nitrogens with zero attached hydrogens (tertiary/aromatic N) is 6. The molecule has 4 aromatic rings. The van der Waals surface area contributed by atoms with Gasteiger partial charge < -0.3 is 4.74 Å². The Labute approximate surface area is 159 Å². The van der Waals surface area contributed by atoms with Crippen LogP contribution in [0.3, 0.4) is 0 Å². The Morgan fingerprint density at radius 3 is 2.68 bits per heavy atom. The summed E-state index contributed by atoms with van der Waals surface area (Å²) in [5, 5.41) is 8.12. The van der Waals surface area contributed by atoms with Gasteiger partial charge in [0.1, 0.15) is 35.0 Å². The third kappa shape index (κ3) is 3.02. The second kappa shape index (κ2) is 7.03. The number of esters is 1. The number of aryl methyl sites for hydroxylation is 1. The number of hydrogen-bond acceptors (Lipinski definition) is 6. The number of rotatable bonds is 4. The average molecular weight is 378 g/mol. The van der Waals surface area contributed by atoms with E-state index >= 15 is 0 Å². The summed E-state index contributed by atoms with van der Waals surface area (Å²) in [6.07, 6.45) is 4.74. The van der Waals surface area contributed by atoms with E-state index in [2.05, 4.69) is 25.0 Å². The summed E-state index contributed by atoms with van der Waals surface area (Å²) in [4.78, 5) is 20.2. The zero-order chi connectivity index (χ0) is 19.7. The molecular weight excluding hydrogens is 363 g/mol. The monoisotopic (exact) mass is 378 g/mol. The van der Waals surface area contributed by atoms with Crippen LogP contribution in [0.25, 0.3) is 28.5 Å². The molecule has 0 saturated carbocycles. The van der Waals surface area contributed by atoms with Gasteiger partial charge in [0.15, 0.2) is 0 Å². The Balaban J connectivity index is 1.72. The smallest absolute Gasteiger partial charge is 0.339 e. The highest BCUT2D eigenvalue weighted by Gasteiger charge is 2.19. The summed E-state index contributed by atoms with van der Waals surface area (Å²) >= 11 is 0. The highest BCUT2D eigenvalue weighted by atomic mass is 19.1. The van der Waals surface area contributed by atoms with Crippen LogP contribution in [0, 0.1) is 5.82 Å². The summed E-state index contributed by atoms with van der Waals surface area (Å²) in [6.45, 7) is 0. The van der Waals surface area contributed by atoms with E-state index in [9.17, 15) is 9.18 Å². The number of methoxy groups -OCH3 is 1. The fourth-order valence-corrected chi connectivity index (χ4v) is 2.83. The molecule has 3 aromatic heterocycles. The molecule has 8 nitrogen and oxygen atoms in total. The van der Waals surface area contributed by atoms with Gasteiger partial charge in [-0.25, -0.2) is 23.8 Å². The summed E-state index contributed by atoms with van der Waals surface area (Å²) in [5.41, 5.74) is 2.24. The molecule has 4 rings (SSSR count). The molecule has 0 aliphatic carbocycles. The standard InChI is InChI=1S/C19H15FN6O2/c1-25-18(17(23-24-25)13-5-3-4-6-14(13)20)15-10-26(11-22-15)16-8-7-12(9-21-16)19(27)28-2/h3-11H,1-2H3. The van der Waals surface area contributed by atoms with Crippen molar-refractivity contribution in [2.24, 2.45) is 7.05 Å². The molecule has 0 aliphatic rings. The first-order valence-corrected chi connectivity index (χ1v) is 8.32. The van der Waals surface area contributed by atoms with Crippen LogP contribution in [-0.4, -0.2) is 42.6 Å². The maximum Gasteiger partial charge on any atom is 0.339 e. The molecule has 0 fully saturated rings. The van der Waals surface area contributed by atoms with E-state index in [4.69, 9.17) is 0 Å². The molecule has 0 spiro atoms. The Bertz CT molecular complexity index is 1150. The Hall–Kier alpha value is -3.88. The van der Waals surface area contributed by atoms with Gasteiger partial charge in [0.05, 0.1) is 12.7 Å². The van der Waals surface area contributed by atoms with Gasteiger partial charge in [0.25, 0.3) is 0 Å². The maximum atomic E-state index is 14.2. The van der Waals surface area contributed by atoms with Crippen molar-refractivity contribution in [2.45, 2.75) is 0 Å². The van der Waals surface area contributed by atoms with Gasteiger partial charge in [-0.15, -0.1) is 5.10 Å². The molecule has 28 heavy (non-hydrogen) atoms. The minimum Gasteiger partial charge on any atom is -0.465 e. The third-order valence-corrected chi connectivity index (χ3v) is 4.21. The molecule has 3 heterocycles. The number of hydrogen-bond donors (Lipinski definition) is 0. The molecule has 0 aliphatic heterocycles. The van der Waals surface area contributed by atoms with Gasteiger partial charge in [-0.2, -0.15) is 0 Å². The Morgan fingerprint density at radius 2 is 1.96 bits per heavy atom. The van der Waals surface area contributed by atoms with Crippen LogP contribution in [0.2, 0.25) is 0 Å². The number of aromatic nitrogens is 6. The van der Waals surface area contributed by atoms with Gasteiger partial charge in [0, 0.05) is 25.0 Å². The summed E-state index contributed by atoms with van der Waals surface area (Å²) < 4.78 is 22.1. The molecule has 0 radical (unpaired) electrons. The molecule has 0 atom stereocenters. The lowest BCUT2D eigenvalue weighted by Crippen LogP contribution is -2.03. The van der Waals surface area contributed by atoms with E-state index in [1.807, 2.05) is 0 Å². The van der Waals surface area contributed by atoms with E-state index < -0.39 is 5.97 Å². The van der Waals surface area contributed by atoms with Crippen LogP contribution >= 0.6 is 0 Å². The highest BCUT2D eigenvalue weighted by Crippen LogP contribution is 2.30. The van der Waals surface area contributed by atoms with E-state index in [0.717, 1.165) is 0 Å². The minimum atomic E-state index is -0.458. The molecular formula is C19H15FN6O2. The summed E-state index contributed by atoms with van der Waals surface area (Å²) in [6, 6.07) is 9.67. The van der Waals surface area contributed by atoms with E-state index in [-0.39, 0.29) is 5.82 Å². The van der Waals surface area contributed by atoms with Gasteiger partial charge >= 0.3 is 5.97 Å². The van der Waals surface area contributed by atoms with Crippen molar-refractivity contribution in [3.05, 3.63) is 66.5 Å². The van der Waals surface area contributed by atoms with Crippen LogP contribution in [0.15, 0.2) is 55.1 Å². The number of pyridine rings is 1. The van der Waals surface area contributed by atoms with Crippen molar-refractivity contribution in [1.82, 2.24) is 29.5 Å². The van der Waals surface area contributed by atoms with Gasteiger partial charge in [-0.3, -0.25) is 4.57 Å². The molecule has 0 N–H and O–H groups in total. The first kappa shape index (κ1) is 17.5. The number of halogens is 1. The molecule has 9 heteroatoms. The van der Waals surface area contributed by atoms with E-state index in [1.165, 1.54) is 19.4 Å². The Kier molecular flexibility index (Phi) is 4.40. The SMILES string of the molecule is COC(=O)c1ccc(-n2cnc(-c3c(-c4ccccc4F)nnn3C)c2)nc1. The first-order chi connectivity index (χ1) is 13.6. The van der Waals surface area contributed by atoms with Crippen LogP contribution in [0.1, 0.15) is 10.4 Å². The van der Waals surface area contributed by atoms with Crippen molar-refractivity contribution in [3.63, 3.8) is 0 Å². The number of carbonyl (C=O) groups excluding carboxylic acids is 1. The highest BCUT2D eigenvalue weighted by molar-refractivity contribution is 5.89. The van der Waals surface area contributed by atoms with Crippen molar-refractivity contribution < 1.29 is 13.9 Å². The lowest BCUT2D eigenvalue weighted by Gasteiger charge is -2.04.